The Morgan fingerprint density at radius 1 is 0.260 bits per heavy atom. The number of carbonyl (C=O) groups is 3. The van der Waals surface area contributed by atoms with E-state index in [4.69, 9.17) is 14.2 Å². The van der Waals surface area contributed by atoms with Gasteiger partial charge in [0, 0.05) is 19.3 Å². The molecule has 6 heteroatoms. The van der Waals surface area contributed by atoms with Crippen LogP contribution in [0.25, 0.3) is 0 Å². The molecule has 446 valence electrons. The Labute approximate surface area is 478 Å². The van der Waals surface area contributed by atoms with E-state index < -0.39 is 6.10 Å². The molecule has 0 aromatic heterocycles. The van der Waals surface area contributed by atoms with E-state index >= 15 is 0 Å². The largest absolute Gasteiger partial charge is 0.462 e. The van der Waals surface area contributed by atoms with E-state index in [0.717, 1.165) is 89.9 Å². The maximum absolute atomic E-state index is 12.9. The summed E-state index contributed by atoms with van der Waals surface area (Å²) >= 11 is 0. The van der Waals surface area contributed by atoms with Crippen LogP contribution < -0.4 is 0 Å². The van der Waals surface area contributed by atoms with Crippen LogP contribution in [-0.4, -0.2) is 37.2 Å². The van der Waals surface area contributed by atoms with E-state index in [9.17, 15) is 14.4 Å². The van der Waals surface area contributed by atoms with Gasteiger partial charge in [-0.15, -0.1) is 0 Å². The SMILES string of the molecule is CCCCC/C=C\C/C=C\C/C=C\C/C=C\CCCCCC(=O)OC[C@H](COC(=O)CCCCCCCCCCCCCCCCCCCCCCC)OC(=O)CCCCCCCCCCC/C=C\C/C=C\CCCCC. The van der Waals surface area contributed by atoms with Gasteiger partial charge < -0.3 is 14.2 Å². The Hall–Kier alpha value is -3.15. The van der Waals surface area contributed by atoms with Crippen molar-refractivity contribution in [3.05, 3.63) is 72.9 Å². The molecule has 0 fully saturated rings. The molecule has 0 amide bonds. The zero-order valence-electron chi connectivity index (χ0n) is 51.2. The molecule has 0 unspecified atom stereocenters. The van der Waals surface area contributed by atoms with E-state index in [1.54, 1.807) is 0 Å². The fourth-order valence-corrected chi connectivity index (χ4v) is 9.64. The Bertz CT molecular complexity index is 1420. The zero-order valence-corrected chi connectivity index (χ0v) is 51.2. The van der Waals surface area contributed by atoms with Crippen molar-refractivity contribution in [3.8, 4) is 0 Å². The van der Waals surface area contributed by atoms with Crippen LogP contribution in [0.15, 0.2) is 72.9 Å². The summed E-state index contributed by atoms with van der Waals surface area (Å²) in [5, 5.41) is 0. The molecule has 0 aromatic carbocycles. The van der Waals surface area contributed by atoms with Gasteiger partial charge in [-0.2, -0.15) is 0 Å². The topological polar surface area (TPSA) is 78.9 Å². The van der Waals surface area contributed by atoms with Gasteiger partial charge in [0.05, 0.1) is 0 Å². The van der Waals surface area contributed by atoms with Crippen molar-refractivity contribution in [1.82, 2.24) is 0 Å². The standard InChI is InChI=1S/C71H126O6/c1-4-7-10-13-16-19-22-25-28-31-34-35-38-40-43-46-49-52-55-58-61-64-70(73)76-67-68(77-71(74)65-62-59-56-53-50-47-44-41-37-33-30-27-24-21-18-15-12-9-6-3)66-75-69(72)63-60-57-54-51-48-45-42-39-36-32-29-26-23-20-17-14-11-8-5-2/h17-18,20-21,26-27,29-30,36,39,45,48,68H,4-16,19,22-25,28,31-35,37-38,40-44,46-47,49-67H2,1-3H3/b20-17-,21-18-,29-26-,30-27-,39-36-,48-45-/t68-/m1/s1. The minimum atomic E-state index is -0.791. The smallest absolute Gasteiger partial charge is 0.306 e. The predicted octanol–water partition coefficient (Wildman–Crippen LogP) is 22.9. The second-order valence-electron chi connectivity index (χ2n) is 22.4. The third kappa shape index (κ3) is 63.6. The number of hydrogen-bond acceptors (Lipinski definition) is 6. The number of esters is 3. The fraction of sp³-hybridized carbons (Fsp3) is 0.789. The molecule has 0 rings (SSSR count). The summed E-state index contributed by atoms with van der Waals surface area (Å²) < 4.78 is 16.9. The fourth-order valence-electron chi connectivity index (χ4n) is 9.64. The summed E-state index contributed by atoms with van der Waals surface area (Å²) in [5.41, 5.74) is 0. The Kier molecular flexibility index (Phi) is 62.7. The van der Waals surface area contributed by atoms with Gasteiger partial charge in [-0.3, -0.25) is 14.4 Å². The summed E-state index contributed by atoms with van der Waals surface area (Å²) in [6, 6.07) is 0. The average molecular weight is 1080 g/mol. The number of unbranched alkanes of at least 4 members (excludes halogenated alkanes) is 38. The van der Waals surface area contributed by atoms with Crippen molar-refractivity contribution >= 4 is 17.9 Å². The number of ether oxygens (including phenoxy) is 3. The van der Waals surface area contributed by atoms with Gasteiger partial charge in [0.1, 0.15) is 13.2 Å². The minimum absolute atomic E-state index is 0.0843. The summed E-state index contributed by atoms with van der Waals surface area (Å²) in [5.74, 6) is -0.902. The molecular formula is C71H126O6. The van der Waals surface area contributed by atoms with Gasteiger partial charge in [-0.05, 0) is 96.3 Å². The molecule has 0 saturated carbocycles. The molecule has 77 heavy (non-hydrogen) atoms. The Morgan fingerprint density at radius 2 is 0.468 bits per heavy atom. The van der Waals surface area contributed by atoms with E-state index in [0.29, 0.717) is 19.3 Å². The van der Waals surface area contributed by atoms with Crippen LogP contribution >= 0.6 is 0 Å². The van der Waals surface area contributed by atoms with E-state index in [1.807, 2.05) is 0 Å². The molecule has 0 spiro atoms. The van der Waals surface area contributed by atoms with E-state index in [-0.39, 0.29) is 31.1 Å². The van der Waals surface area contributed by atoms with Gasteiger partial charge in [-0.25, -0.2) is 0 Å². The number of allylic oxidation sites excluding steroid dienone is 12. The van der Waals surface area contributed by atoms with Crippen LogP contribution in [0.4, 0.5) is 0 Å². The van der Waals surface area contributed by atoms with Crippen LogP contribution in [0.3, 0.4) is 0 Å². The molecule has 0 aromatic rings. The lowest BCUT2D eigenvalue weighted by Crippen LogP contribution is -2.30. The summed E-state index contributed by atoms with van der Waals surface area (Å²) in [4.78, 5) is 38.4. The first-order valence-corrected chi connectivity index (χ1v) is 33.4. The minimum Gasteiger partial charge on any atom is -0.462 e. The third-order valence-corrected chi connectivity index (χ3v) is 14.7. The van der Waals surface area contributed by atoms with Gasteiger partial charge in [0.2, 0.25) is 0 Å². The van der Waals surface area contributed by atoms with E-state index in [1.165, 1.54) is 212 Å². The lowest BCUT2D eigenvalue weighted by Gasteiger charge is -2.18. The first-order chi connectivity index (χ1) is 38.0. The van der Waals surface area contributed by atoms with Crippen molar-refractivity contribution in [2.24, 2.45) is 0 Å². The molecule has 0 radical (unpaired) electrons. The summed E-state index contributed by atoms with van der Waals surface area (Å²) in [7, 11) is 0. The number of hydrogen-bond donors (Lipinski definition) is 0. The normalized spacial score (nSPS) is 12.5. The molecule has 0 bridgehead atoms. The summed E-state index contributed by atoms with van der Waals surface area (Å²) in [6.07, 6.45) is 84.8. The monoisotopic (exact) mass is 1070 g/mol. The number of carbonyl (C=O) groups excluding carboxylic acids is 3. The van der Waals surface area contributed by atoms with Gasteiger partial charge in [0.25, 0.3) is 0 Å². The lowest BCUT2D eigenvalue weighted by atomic mass is 10.0. The highest BCUT2D eigenvalue weighted by Gasteiger charge is 2.19. The van der Waals surface area contributed by atoms with E-state index in [2.05, 4.69) is 93.7 Å². The molecule has 6 nitrogen and oxygen atoms in total. The molecule has 0 aliphatic heterocycles. The Morgan fingerprint density at radius 3 is 0.766 bits per heavy atom. The highest BCUT2D eigenvalue weighted by Crippen LogP contribution is 2.17. The van der Waals surface area contributed by atoms with Crippen molar-refractivity contribution < 1.29 is 28.6 Å². The predicted molar refractivity (Wildman–Crippen MR) is 335 cm³/mol. The number of rotatable bonds is 61. The lowest BCUT2D eigenvalue weighted by molar-refractivity contribution is -0.167. The zero-order chi connectivity index (χ0) is 55.7. The second kappa shape index (κ2) is 65.4. The highest BCUT2D eigenvalue weighted by atomic mass is 16.6. The molecule has 0 heterocycles. The van der Waals surface area contributed by atoms with Gasteiger partial charge in [-0.1, -0.05) is 299 Å². The average Bonchev–Trinajstić information content (AvgIpc) is 3.43. The van der Waals surface area contributed by atoms with Crippen molar-refractivity contribution in [1.29, 1.82) is 0 Å². The maximum Gasteiger partial charge on any atom is 0.306 e. The third-order valence-electron chi connectivity index (χ3n) is 14.7. The molecule has 0 N–H and O–H groups in total. The second-order valence-corrected chi connectivity index (χ2v) is 22.4. The molecule has 0 saturated heterocycles. The van der Waals surface area contributed by atoms with Crippen LogP contribution in [-0.2, 0) is 28.6 Å². The van der Waals surface area contributed by atoms with Crippen LogP contribution in [0.1, 0.15) is 342 Å². The molecule has 0 aliphatic carbocycles. The van der Waals surface area contributed by atoms with Gasteiger partial charge in [0.15, 0.2) is 6.10 Å². The molecule has 0 aliphatic rings. The van der Waals surface area contributed by atoms with Crippen LogP contribution in [0.5, 0.6) is 0 Å². The maximum atomic E-state index is 12.9. The van der Waals surface area contributed by atoms with Crippen LogP contribution in [0.2, 0.25) is 0 Å². The quantitative estimate of drug-likeness (QED) is 0.0261. The first kappa shape index (κ1) is 73.8. The van der Waals surface area contributed by atoms with Gasteiger partial charge >= 0.3 is 17.9 Å². The van der Waals surface area contributed by atoms with Crippen LogP contribution in [0, 0.1) is 0 Å². The molecular weight excluding hydrogens is 949 g/mol. The first-order valence-electron chi connectivity index (χ1n) is 33.4. The van der Waals surface area contributed by atoms with Crippen molar-refractivity contribution in [2.75, 3.05) is 13.2 Å². The molecule has 1 atom stereocenters. The summed E-state index contributed by atoms with van der Waals surface area (Å²) in [6.45, 7) is 6.61. The van der Waals surface area contributed by atoms with Crippen molar-refractivity contribution in [2.45, 2.75) is 348 Å². The highest BCUT2D eigenvalue weighted by molar-refractivity contribution is 5.71. The van der Waals surface area contributed by atoms with Crippen molar-refractivity contribution in [3.63, 3.8) is 0 Å². The Balaban J connectivity index is 4.40.